The summed E-state index contributed by atoms with van der Waals surface area (Å²) < 4.78 is 0. The van der Waals surface area contributed by atoms with Gasteiger partial charge in [-0.2, -0.15) is 23.8 Å². The molecule has 98 valence electrons. The van der Waals surface area contributed by atoms with Crippen LogP contribution in [0.4, 0.5) is 0 Å². The van der Waals surface area contributed by atoms with E-state index in [1.807, 2.05) is 0 Å². The van der Waals surface area contributed by atoms with E-state index in [-0.39, 0.29) is 10.8 Å². The molecule has 0 radical (unpaired) electrons. The molecule has 0 spiro atoms. The molecule has 0 fully saturated rings. The van der Waals surface area contributed by atoms with Crippen LogP contribution in [-0.2, 0) is 10.8 Å². The van der Waals surface area contributed by atoms with Crippen molar-refractivity contribution >= 4 is 0 Å². The fourth-order valence-electron chi connectivity index (χ4n) is 2.18. The van der Waals surface area contributed by atoms with Crippen molar-refractivity contribution in [2.75, 3.05) is 0 Å². The Morgan fingerprint density at radius 3 is 2.00 bits per heavy atom. The summed E-state index contributed by atoms with van der Waals surface area (Å²) in [6, 6.07) is 13.6. The van der Waals surface area contributed by atoms with E-state index in [0.29, 0.717) is 0 Å². The van der Waals surface area contributed by atoms with Crippen LogP contribution in [0.2, 0.25) is 0 Å². The van der Waals surface area contributed by atoms with Gasteiger partial charge in [0.25, 0.3) is 0 Å². The third kappa shape index (κ3) is 2.58. The quantitative estimate of drug-likeness (QED) is 0.586. The van der Waals surface area contributed by atoms with Gasteiger partial charge in [-0.25, -0.2) is 23.3 Å². The molecule has 0 aliphatic carbocycles. The molecule has 0 amide bonds. The molecule has 0 bridgehead atoms. The summed E-state index contributed by atoms with van der Waals surface area (Å²) in [5.74, 6) is 0. The summed E-state index contributed by atoms with van der Waals surface area (Å²) in [7, 11) is 0. The summed E-state index contributed by atoms with van der Waals surface area (Å²) in [5, 5.41) is 0. The summed E-state index contributed by atoms with van der Waals surface area (Å²) in [5.41, 5.74) is 5.98. The monoisotopic (exact) mass is 240 g/mol. The zero-order chi connectivity index (χ0) is 13.6. The largest absolute Gasteiger partial charge is 0.241 e. The van der Waals surface area contributed by atoms with E-state index >= 15 is 0 Å². The molecular weight excluding hydrogens is 216 g/mol. The smallest absolute Gasteiger partial charge is 0.0278 e. The average molecular weight is 240 g/mol. The highest BCUT2D eigenvalue weighted by Gasteiger charge is 2.10. The zero-order valence-corrected chi connectivity index (χ0v) is 12.5. The van der Waals surface area contributed by atoms with Crippen LogP contribution in [0.15, 0.2) is 36.4 Å². The van der Waals surface area contributed by atoms with Gasteiger partial charge in [-0.15, -0.1) is 11.6 Å². The van der Waals surface area contributed by atoms with Crippen LogP contribution in [0, 0.1) is 0 Å². The lowest BCUT2D eigenvalue weighted by molar-refractivity contribution is 0.591. The molecule has 0 saturated carbocycles. The van der Waals surface area contributed by atoms with Gasteiger partial charge in [-0.05, 0) is 5.41 Å². The van der Waals surface area contributed by atoms with E-state index in [2.05, 4.69) is 77.9 Å². The summed E-state index contributed by atoms with van der Waals surface area (Å²) in [6.07, 6.45) is 0. The van der Waals surface area contributed by atoms with Crippen LogP contribution < -0.4 is 0 Å². The molecule has 18 heavy (non-hydrogen) atoms. The van der Waals surface area contributed by atoms with Gasteiger partial charge in [0.05, 0.1) is 0 Å². The summed E-state index contributed by atoms with van der Waals surface area (Å²) in [4.78, 5) is 0. The Morgan fingerprint density at radius 1 is 0.889 bits per heavy atom. The van der Waals surface area contributed by atoms with Crippen LogP contribution in [0.5, 0.6) is 0 Å². The van der Waals surface area contributed by atoms with Crippen LogP contribution in [0.3, 0.4) is 0 Å². The van der Waals surface area contributed by atoms with E-state index < -0.39 is 0 Å². The van der Waals surface area contributed by atoms with E-state index in [1.54, 1.807) is 0 Å². The standard InChI is InChI=1S/C18H24/c1-17(2,3)15-9-7-13(11-15)14-8-10-16(12-14)18(4,5)6/h7-12H,1-6H3/q-2. The van der Waals surface area contributed by atoms with E-state index in [0.717, 1.165) is 0 Å². The van der Waals surface area contributed by atoms with E-state index in [4.69, 9.17) is 0 Å². The Morgan fingerprint density at radius 2 is 1.56 bits per heavy atom. The van der Waals surface area contributed by atoms with Gasteiger partial charge >= 0.3 is 0 Å². The molecule has 0 aliphatic rings. The summed E-state index contributed by atoms with van der Waals surface area (Å²) in [6.45, 7) is 13.6. The van der Waals surface area contributed by atoms with Gasteiger partial charge < -0.3 is 0 Å². The first-order chi connectivity index (χ1) is 8.18. The second-order valence-electron chi connectivity index (χ2n) is 7.28. The van der Waals surface area contributed by atoms with Crippen molar-refractivity contribution in [2.45, 2.75) is 52.4 Å². The molecule has 0 unspecified atom stereocenters. The van der Waals surface area contributed by atoms with Crippen LogP contribution in [0.1, 0.15) is 52.7 Å². The molecule has 0 atom stereocenters. The Hall–Kier alpha value is -1.30. The van der Waals surface area contributed by atoms with E-state index in [1.165, 1.54) is 22.3 Å². The Balaban J connectivity index is 2.33. The number of hydrogen-bond acceptors (Lipinski definition) is 0. The van der Waals surface area contributed by atoms with Crippen LogP contribution in [0.25, 0.3) is 11.1 Å². The minimum Gasteiger partial charge on any atom is -0.241 e. The van der Waals surface area contributed by atoms with Crippen LogP contribution in [-0.4, -0.2) is 0 Å². The number of hydrogen-bond donors (Lipinski definition) is 0. The highest BCUT2D eigenvalue weighted by molar-refractivity contribution is 5.68. The lowest BCUT2D eigenvalue weighted by Gasteiger charge is -2.25. The van der Waals surface area contributed by atoms with Crippen molar-refractivity contribution in [1.29, 1.82) is 0 Å². The lowest BCUT2D eigenvalue weighted by Crippen LogP contribution is -2.09. The zero-order valence-electron chi connectivity index (χ0n) is 12.5. The van der Waals surface area contributed by atoms with Crippen molar-refractivity contribution in [1.82, 2.24) is 0 Å². The second kappa shape index (κ2) is 4.12. The highest BCUT2D eigenvalue weighted by atomic mass is 14.2. The fraction of sp³-hybridized carbons (Fsp3) is 0.444. The molecule has 0 heterocycles. The highest BCUT2D eigenvalue weighted by Crippen LogP contribution is 2.33. The van der Waals surface area contributed by atoms with Gasteiger partial charge in [-0.1, -0.05) is 47.0 Å². The topological polar surface area (TPSA) is 0 Å². The Labute approximate surface area is 111 Å². The number of rotatable bonds is 1. The molecular formula is C18H24-2. The first-order valence-corrected chi connectivity index (χ1v) is 6.73. The SMILES string of the molecule is CC(C)(C)c1cc[c-](-c2ccc(C(C)(C)C)[cH-]2)c1. The van der Waals surface area contributed by atoms with Crippen LogP contribution >= 0.6 is 0 Å². The fourth-order valence-corrected chi connectivity index (χ4v) is 2.18. The molecule has 0 N–H and O–H groups in total. The maximum atomic E-state index is 2.32. The maximum Gasteiger partial charge on any atom is -0.0278 e. The van der Waals surface area contributed by atoms with Gasteiger partial charge in [-0.3, -0.25) is 0 Å². The minimum absolute atomic E-state index is 0.234. The normalized spacial score (nSPS) is 13.0. The Kier molecular flexibility index (Phi) is 3.01. The van der Waals surface area contributed by atoms with Gasteiger partial charge in [0.15, 0.2) is 0 Å². The van der Waals surface area contributed by atoms with Crippen molar-refractivity contribution in [3.05, 3.63) is 47.5 Å². The Bertz CT molecular complexity index is 471. The summed E-state index contributed by atoms with van der Waals surface area (Å²) >= 11 is 0. The molecule has 0 heteroatoms. The van der Waals surface area contributed by atoms with Gasteiger partial charge in [0, 0.05) is 0 Å². The molecule has 0 saturated heterocycles. The molecule has 0 nitrogen and oxygen atoms in total. The van der Waals surface area contributed by atoms with Crippen molar-refractivity contribution in [2.24, 2.45) is 0 Å². The minimum atomic E-state index is 0.234. The second-order valence-corrected chi connectivity index (χ2v) is 7.28. The molecule has 2 rings (SSSR count). The average Bonchev–Trinajstić information content (AvgIpc) is 2.84. The molecule has 0 aliphatic heterocycles. The third-order valence-corrected chi connectivity index (χ3v) is 3.57. The third-order valence-electron chi connectivity index (χ3n) is 3.57. The van der Waals surface area contributed by atoms with Gasteiger partial charge in [0.1, 0.15) is 0 Å². The molecule has 0 aromatic heterocycles. The van der Waals surface area contributed by atoms with Gasteiger partial charge in [0.2, 0.25) is 0 Å². The first kappa shape index (κ1) is 13.1. The molecule has 2 aromatic carbocycles. The van der Waals surface area contributed by atoms with Crippen molar-refractivity contribution < 1.29 is 0 Å². The maximum absolute atomic E-state index is 2.32. The van der Waals surface area contributed by atoms with Crippen molar-refractivity contribution in [3.8, 4) is 11.1 Å². The van der Waals surface area contributed by atoms with Crippen molar-refractivity contribution in [3.63, 3.8) is 0 Å². The van der Waals surface area contributed by atoms with E-state index in [9.17, 15) is 0 Å². The predicted molar refractivity (Wildman–Crippen MR) is 80.5 cm³/mol. The predicted octanol–water partition coefficient (Wildman–Crippen LogP) is 5.39. The lowest BCUT2D eigenvalue weighted by atomic mass is 9.88. The first-order valence-electron chi connectivity index (χ1n) is 6.73. The molecule has 2 aromatic rings.